The standard InChI is InChI=1S/C14H22N2O2S2/c1-14(2,3)11-9(4-5-17-11)12-15-16-13(18-12)10-8-19-6-7-20-10/h9-11H,4-8H2,1-3H3/t9-,10?,11-/m0/s1. The molecule has 0 aromatic carbocycles. The fourth-order valence-electron chi connectivity index (χ4n) is 2.85. The Balaban J connectivity index is 1.75. The SMILES string of the molecule is CC(C)(C)[C@H]1OCC[C@@H]1c1nnc(C2CSCCS2)o1. The van der Waals surface area contributed by atoms with E-state index in [0.717, 1.165) is 30.6 Å². The minimum atomic E-state index is 0.102. The summed E-state index contributed by atoms with van der Waals surface area (Å²) in [7, 11) is 0. The summed E-state index contributed by atoms with van der Waals surface area (Å²) in [5.74, 6) is 5.30. The predicted molar refractivity (Wildman–Crippen MR) is 83.4 cm³/mol. The maximum absolute atomic E-state index is 6.00. The molecule has 112 valence electrons. The Kier molecular flexibility index (Phi) is 4.34. The molecule has 3 heterocycles. The van der Waals surface area contributed by atoms with Gasteiger partial charge in [0.15, 0.2) is 0 Å². The highest BCUT2D eigenvalue weighted by Gasteiger charge is 2.41. The molecule has 0 bridgehead atoms. The van der Waals surface area contributed by atoms with Gasteiger partial charge in [-0.2, -0.15) is 11.8 Å². The number of rotatable bonds is 2. The van der Waals surface area contributed by atoms with E-state index in [1.807, 2.05) is 23.5 Å². The predicted octanol–water partition coefficient (Wildman–Crippen LogP) is 3.51. The van der Waals surface area contributed by atoms with Crippen molar-refractivity contribution in [3.05, 3.63) is 11.8 Å². The van der Waals surface area contributed by atoms with Crippen LogP contribution in [0.3, 0.4) is 0 Å². The minimum absolute atomic E-state index is 0.102. The largest absolute Gasteiger partial charge is 0.424 e. The van der Waals surface area contributed by atoms with Gasteiger partial charge >= 0.3 is 0 Å². The average Bonchev–Trinajstić information content (AvgIpc) is 3.08. The normalized spacial score (nSPS) is 31.6. The summed E-state index contributed by atoms with van der Waals surface area (Å²) in [6.45, 7) is 7.42. The molecule has 2 aliphatic rings. The first-order valence-corrected chi connectivity index (χ1v) is 9.40. The van der Waals surface area contributed by atoms with E-state index in [4.69, 9.17) is 9.15 Å². The minimum Gasteiger partial charge on any atom is -0.424 e. The maximum Gasteiger partial charge on any atom is 0.230 e. The number of aromatic nitrogens is 2. The van der Waals surface area contributed by atoms with Crippen molar-refractivity contribution in [2.45, 2.75) is 44.5 Å². The average molecular weight is 314 g/mol. The Hall–Kier alpha value is -0.200. The Bertz CT molecular complexity index is 452. The van der Waals surface area contributed by atoms with Crippen LogP contribution in [0.1, 0.15) is 50.1 Å². The third kappa shape index (κ3) is 3.02. The number of ether oxygens (including phenoxy) is 1. The molecule has 3 atom stereocenters. The van der Waals surface area contributed by atoms with Gasteiger partial charge in [-0.1, -0.05) is 20.8 Å². The van der Waals surface area contributed by atoms with Gasteiger partial charge in [0.2, 0.25) is 11.8 Å². The van der Waals surface area contributed by atoms with Crippen molar-refractivity contribution >= 4 is 23.5 Å². The van der Waals surface area contributed by atoms with Gasteiger partial charge in [-0.05, 0) is 11.8 Å². The summed E-state index contributed by atoms with van der Waals surface area (Å²) in [5.41, 5.74) is 0.102. The van der Waals surface area contributed by atoms with Gasteiger partial charge < -0.3 is 9.15 Å². The second-order valence-electron chi connectivity index (χ2n) is 6.47. The summed E-state index contributed by atoms with van der Waals surface area (Å²) >= 11 is 3.90. The molecule has 6 heteroatoms. The second-order valence-corrected chi connectivity index (χ2v) is 8.93. The maximum atomic E-state index is 6.00. The first-order chi connectivity index (χ1) is 9.55. The van der Waals surface area contributed by atoms with Crippen LogP contribution in [0.15, 0.2) is 4.42 Å². The van der Waals surface area contributed by atoms with Gasteiger partial charge in [0.1, 0.15) is 0 Å². The summed E-state index contributed by atoms with van der Waals surface area (Å²) in [4.78, 5) is 0. The molecule has 0 saturated carbocycles. The molecule has 0 amide bonds. The quantitative estimate of drug-likeness (QED) is 0.832. The van der Waals surface area contributed by atoms with E-state index in [-0.39, 0.29) is 17.4 Å². The van der Waals surface area contributed by atoms with E-state index in [2.05, 4.69) is 31.0 Å². The number of hydrogen-bond donors (Lipinski definition) is 0. The Morgan fingerprint density at radius 1 is 1.15 bits per heavy atom. The van der Waals surface area contributed by atoms with E-state index < -0.39 is 0 Å². The zero-order chi connectivity index (χ0) is 14.2. The zero-order valence-electron chi connectivity index (χ0n) is 12.3. The van der Waals surface area contributed by atoms with Crippen molar-refractivity contribution in [1.82, 2.24) is 10.2 Å². The first-order valence-electron chi connectivity index (χ1n) is 7.20. The van der Waals surface area contributed by atoms with Crippen molar-refractivity contribution in [2.24, 2.45) is 5.41 Å². The van der Waals surface area contributed by atoms with Crippen molar-refractivity contribution in [3.63, 3.8) is 0 Å². The van der Waals surface area contributed by atoms with Gasteiger partial charge in [-0.3, -0.25) is 0 Å². The summed E-state index contributed by atoms with van der Waals surface area (Å²) < 4.78 is 11.9. The molecule has 2 saturated heterocycles. The second kappa shape index (κ2) is 5.89. The Morgan fingerprint density at radius 3 is 2.65 bits per heavy atom. The molecule has 20 heavy (non-hydrogen) atoms. The van der Waals surface area contributed by atoms with Crippen LogP contribution in [0.2, 0.25) is 0 Å². The molecule has 0 spiro atoms. The van der Waals surface area contributed by atoms with Crippen LogP contribution in [-0.4, -0.2) is 40.2 Å². The van der Waals surface area contributed by atoms with Crippen LogP contribution >= 0.6 is 23.5 Å². The zero-order valence-corrected chi connectivity index (χ0v) is 13.9. The third-order valence-electron chi connectivity index (χ3n) is 3.81. The van der Waals surface area contributed by atoms with E-state index in [0.29, 0.717) is 5.25 Å². The Morgan fingerprint density at radius 2 is 1.95 bits per heavy atom. The lowest BCUT2D eigenvalue weighted by molar-refractivity contribution is 0.0170. The van der Waals surface area contributed by atoms with Gasteiger partial charge in [-0.25, -0.2) is 0 Å². The molecule has 0 radical (unpaired) electrons. The van der Waals surface area contributed by atoms with Crippen LogP contribution in [-0.2, 0) is 4.74 Å². The smallest absolute Gasteiger partial charge is 0.230 e. The topological polar surface area (TPSA) is 48.2 Å². The highest BCUT2D eigenvalue weighted by molar-refractivity contribution is 8.06. The highest BCUT2D eigenvalue weighted by Crippen LogP contribution is 2.42. The van der Waals surface area contributed by atoms with Crippen LogP contribution in [0.5, 0.6) is 0 Å². The van der Waals surface area contributed by atoms with Crippen molar-refractivity contribution in [1.29, 1.82) is 0 Å². The number of nitrogens with zero attached hydrogens (tertiary/aromatic N) is 2. The molecule has 0 aliphatic carbocycles. The van der Waals surface area contributed by atoms with Gasteiger partial charge in [0, 0.05) is 23.9 Å². The summed E-state index contributed by atoms with van der Waals surface area (Å²) in [6, 6.07) is 0. The van der Waals surface area contributed by atoms with E-state index in [1.165, 1.54) is 11.5 Å². The fraction of sp³-hybridized carbons (Fsp3) is 0.857. The van der Waals surface area contributed by atoms with Crippen molar-refractivity contribution in [2.75, 3.05) is 23.9 Å². The molecule has 0 N–H and O–H groups in total. The van der Waals surface area contributed by atoms with Crippen molar-refractivity contribution < 1.29 is 9.15 Å². The van der Waals surface area contributed by atoms with E-state index >= 15 is 0 Å². The Labute approximate surface area is 128 Å². The van der Waals surface area contributed by atoms with Gasteiger partial charge in [0.05, 0.1) is 17.3 Å². The molecule has 4 nitrogen and oxygen atoms in total. The summed E-state index contributed by atoms with van der Waals surface area (Å²) in [5, 5.41) is 8.98. The molecule has 1 unspecified atom stereocenters. The van der Waals surface area contributed by atoms with Crippen LogP contribution < -0.4 is 0 Å². The number of hydrogen-bond acceptors (Lipinski definition) is 6. The highest BCUT2D eigenvalue weighted by atomic mass is 32.2. The number of thioether (sulfide) groups is 2. The van der Waals surface area contributed by atoms with Crippen LogP contribution in [0.4, 0.5) is 0 Å². The summed E-state index contributed by atoms with van der Waals surface area (Å²) in [6.07, 6.45) is 1.15. The van der Waals surface area contributed by atoms with Crippen LogP contribution in [0.25, 0.3) is 0 Å². The molecular weight excluding hydrogens is 292 g/mol. The molecule has 1 aromatic rings. The molecule has 3 rings (SSSR count). The monoisotopic (exact) mass is 314 g/mol. The van der Waals surface area contributed by atoms with Crippen molar-refractivity contribution in [3.8, 4) is 0 Å². The van der Waals surface area contributed by atoms with E-state index in [1.54, 1.807) is 0 Å². The molecule has 1 aromatic heterocycles. The molecular formula is C14H22N2O2S2. The first kappa shape index (κ1) is 14.7. The fourth-order valence-corrected chi connectivity index (χ4v) is 5.43. The lowest BCUT2D eigenvalue weighted by Crippen LogP contribution is -2.30. The van der Waals surface area contributed by atoms with Gasteiger partial charge in [0.25, 0.3) is 0 Å². The van der Waals surface area contributed by atoms with Gasteiger partial charge in [-0.15, -0.1) is 22.0 Å². The lowest BCUT2D eigenvalue weighted by atomic mass is 9.81. The third-order valence-corrected chi connectivity index (χ3v) is 6.55. The van der Waals surface area contributed by atoms with E-state index in [9.17, 15) is 0 Å². The lowest BCUT2D eigenvalue weighted by Gasteiger charge is -2.29. The molecule has 2 fully saturated rings. The van der Waals surface area contributed by atoms with Crippen LogP contribution in [0, 0.1) is 5.41 Å². The molecule has 2 aliphatic heterocycles.